The van der Waals surface area contributed by atoms with Gasteiger partial charge < -0.3 is 19.5 Å². The number of ether oxygens (including phenoxy) is 3. The average Bonchev–Trinajstić information content (AvgIpc) is 2.75. The first kappa shape index (κ1) is 13.5. The molecule has 0 radical (unpaired) electrons. The maximum absolute atomic E-state index is 11.5. The lowest BCUT2D eigenvalue weighted by Gasteiger charge is -2.21. The normalized spacial score (nSPS) is 22.0. The molecule has 0 bridgehead atoms. The van der Waals surface area contributed by atoms with E-state index in [-0.39, 0.29) is 17.9 Å². The number of amides is 1. The van der Waals surface area contributed by atoms with Crippen molar-refractivity contribution in [3.63, 3.8) is 0 Å². The standard InChI is InChI=1S/C14H19NO4/c1-8-10(7-12(16)15-8)9-5-6-11(17-2)14(19-4)13(9)18-3/h5-6,8,10H,7H2,1-4H3,(H,15,16). The summed E-state index contributed by atoms with van der Waals surface area (Å²) in [4.78, 5) is 11.5. The molecule has 0 aromatic heterocycles. The highest BCUT2D eigenvalue weighted by atomic mass is 16.5. The first-order chi connectivity index (χ1) is 9.12. The Morgan fingerprint density at radius 2 is 1.79 bits per heavy atom. The minimum atomic E-state index is 0.0642. The molecule has 0 spiro atoms. The first-order valence-electron chi connectivity index (χ1n) is 6.20. The summed E-state index contributed by atoms with van der Waals surface area (Å²) < 4.78 is 16.1. The van der Waals surface area contributed by atoms with Crippen LogP contribution in [0.3, 0.4) is 0 Å². The van der Waals surface area contributed by atoms with Gasteiger partial charge in [0.15, 0.2) is 11.5 Å². The van der Waals surface area contributed by atoms with Gasteiger partial charge in [-0.3, -0.25) is 4.79 Å². The molecule has 19 heavy (non-hydrogen) atoms. The SMILES string of the molecule is COc1ccc(C2CC(=O)NC2C)c(OC)c1OC. The van der Waals surface area contributed by atoms with Crippen molar-refractivity contribution >= 4 is 5.91 Å². The summed E-state index contributed by atoms with van der Waals surface area (Å²) >= 11 is 0. The van der Waals surface area contributed by atoms with Crippen molar-refractivity contribution in [2.45, 2.75) is 25.3 Å². The second-order valence-corrected chi connectivity index (χ2v) is 4.59. The van der Waals surface area contributed by atoms with Crippen molar-refractivity contribution in [3.8, 4) is 17.2 Å². The van der Waals surface area contributed by atoms with Crippen molar-refractivity contribution in [2.24, 2.45) is 0 Å². The molecule has 1 aromatic carbocycles. The van der Waals surface area contributed by atoms with E-state index in [2.05, 4.69) is 5.32 Å². The first-order valence-corrected chi connectivity index (χ1v) is 6.20. The highest BCUT2D eigenvalue weighted by Gasteiger charge is 2.33. The van der Waals surface area contributed by atoms with Crippen LogP contribution in [0.5, 0.6) is 17.2 Å². The van der Waals surface area contributed by atoms with Gasteiger partial charge in [-0.05, 0) is 13.0 Å². The number of hydrogen-bond donors (Lipinski definition) is 1. The van der Waals surface area contributed by atoms with Crippen molar-refractivity contribution in [3.05, 3.63) is 17.7 Å². The lowest BCUT2D eigenvalue weighted by Crippen LogP contribution is -2.24. The van der Waals surface area contributed by atoms with Gasteiger partial charge >= 0.3 is 0 Å². The third-order valence-electron chi connectivity index (χ3n) is 3.53. The molecule has 0 saturated carbocycles. The number of benzene rings is 1. The molecule has 5 heteroatoms. The van der Waals surface area contributed by atoms with E-state index in [1.807, 2.05) is 19.1 Å². The van der Waals surface area contributed by atoms with Crippen LogP contribution in [0.4, 0.5) is 0 Å². The quantitative estimate of drug-likeness (QED) is 0.900. The van der Waals surface area contributed by atoms with Crippen LogP contribution in [-0.4, -0.2) is 33.3 Å². The molecular formula is C14H19NO4. The predicted octanol–water partition coefficient (Wildman–Crippen LogP) is 1.70. The van der Waals surface area contributed by atoms with Crippen LogP contribution in [0.1, 0.15) is 24.8 Å². The maximum atomic E-state index is 11.5. The predicted molar refractivity (Wildman–Crippen MR) is 71.1 cm³/mol. The van der Waals surface area contributed by atoms with Gasteiger partial charge in [-0.2, -0.15) is 0 Å². The highest BCUT2D eigenvalue weighted by molar-refractivity contribution is 5.80. The molecule has 1 heterocycles. The molecular weight excluding hydrogens is 246 g/mol. The minimum absolute atomic E-state index is 0.0642. The molecule has 2 atom stereocenters. The number of carbonyl (C=O) groups excluding carboxylic acids is 1. The number of nitrogens with one attached hydrogen (secondary N) is 1. The van der Waals surface area contributed by atoms with E-state index in [4.69, 9.17) is 14.2 Å². The zero-order valence-corrected chi connectivity index (χ0v) is 11.6. The van der Waals surface area contributed by atoms with Crippen molar-refractivity contribution in [1.29, 1.82) is 0 Å². The molecule has 104 valence electrons. The highest BCUT2D eigenvalue weighted by Crippen LogP contribution is 2.44. The smallest absolute Gasteiger partial charge is 0.220 e. The van der Waals surface area contributed by atoms with Gasteiger partial charge in [0.1, 0.15) is 0 Å². The van der Waals surface area contributed by atoms with Gasteiger partial charge in [0.05, 0.1) is 21.3 Å². The topological polar surface area (TPSA) is 56.8 Å². The number of rotatable bonds is 4. The van der Waals surface area contributed by atoms with Gasteiger partial charge in [-0.15, -0.1) is 0 Å². The molecule has 1 aliphatic rings. The Hall–Kier alpha value is -1.91. The average molecular weight is 265 g/mol. The lowest BCUT2D eigenvalue weighted by molar-refractivity contribution is -0.119. The Morgan fingerprint density at radius 1 is 1.11 bits per heavy atom. The van der Waals surface area contributed by atoms with Crippen LogP contribution in [0, 0.1) is 0 Å². The van der Waals surface area contributed by atoms with Crippen LogP contribution in [0.15, 0.2) is 12.1 Å². The van der Waals surface area contributed by atoms with Crippen LogP contribution >= 0.6 is 0 Å². The van der Waals surface area contributed by atoms with Crippen molar-refractivity contribution in [2.75, 3.05) is 21.3 Å². The summed E-state index contributed by atoms with van der Waals surface area (Å²) in [6.45, 7) is 1.99. The largest absolute Gasteiger partial charge is 0.493 e. The van der Waals surface area contributed by atoms with Gasteiger partial charge in [-0.1, -0.05) is 6.07 Å². The molecule has 1 fully saturated rings. The second-order valence-electron chi connectivity index (χ2n) is 4.59. The van der Waals surface area contributed by atoms with Crippen LogP contribution in [0.25, 0.3) is 0 Å². The number of methoxy groups -OCH3 is 3. The summed E-state index contributed by atoms with van der Waals surface area (Å²) in [6, 6.07) is 3.85. The molecule has 2 unspecified atom stereocenters. The van der Waals surface area contributed by atoms with Gasteiger partial charge in [0.2, 0.25) is 11.7 Å². The zero-order chi connectivity index (χ0) is 14.0. The van der Waals surface area contributed by atoms with E-state index in [1.54, 1.807) is 21.3 Å². The minimum Gasteiger partial charge on any atom is -0.493 e. The van der Waals surface area contributed by atoms with Gasteiger partial charge in [-0.25, -0.2) is 0 Å². The maximum Gasteiger partial charge on any atom is 0.220 e. The Kier molecular flexibility index (Phi) is 3.83. The van der Waals surface area contributed by atoms with Crippen LogP contribution in [-0.2, 0) is 4.79 Å². The number of carbonyl (C=O) groups is 1. The summed E-state index contributed by atoms with van der Waals surface area (Å²) in [7, 11) is 4.75. The van der Waals surface area contributed by atoms with Gasteiger partial charge in [0, 0.05) is 23.9 Å². The summed E-state index contributed by atoms with van der Waals surface area (Å²) in [5, 5.41) is 2.92. The van der Waals surface area contributed by atoms with Crippen LogP contribution < -0.4 is 19.5 Å². The summed E-state index contributed by atoms with van der Waals surface area (Å²) in [5.41, 5.74) is 0.964. The van der Waals surface area contributed by atoms with E-state index in [0.717, 1.165) is 5.56 Å². The molecule has 0 aliphatic carbocycles. The summed E-state index contributed by atoms with van der Waals surface area (Å²) in [6.07, 6.45) is 0.465. The number of hydrogen-bond acceptors (Lipinski definition) is 4. The molecule has 1 aliphatic heterocycles. The van der Waals surface area contributed by atoms with Crippen molar-refractivity contribution in [1.82, 2.24) is 5.32 Å². The molecule has 5 nitrogen and oxygen atoms in total. The van der Waals surface area contributed by atoms with E-state index in [9.17, 15) is 4.79 Å². The van der Waals surface area contributed by atoms with Crippen LogP contribution in [0.2, 0.25) is 0 Å². The molecule has 1 amide bonds. The van der Waals surface area contributed by atoms with E-state index in [0.29, 0.717) is 23.7 Å². The van der Waals surface area contributed by atoms with E-state index in [1.165, 1.54) is 0 Å². The summed E-state index contributed by atoms with van der Waals surface area (Å²) in [5.74, 6) is 1.97. The molecule has 1 N–H and O–H groups in total. The lowest BCUT2D eigenvalue weighted by atomic mass is 9.91. The zero-order valence-electron chi connectivity index (χ0n) is 11.6. The Balaban J connectivity index is 2.49. The van der Waals surface area contributed by atoms with Crippen molar-refractivity contribution < 1.29 is 19.0 Å². The fourth-order valence-corrected chi connectivity index (χ4v) is 2.59. The molecule has 2 rings (SSSR count). The van der Waals surface area contributed by atoms with Gasteiger partial charge in [0.25, 0.3) is 0 Å². The van der Waals surface area contributed by atoms with E-state index >= 15 is 0 Å². The fraction of sp³-hybridized carbons (Fsp3) is 0.500. The second kappa shape index (κ2) is 5.38. The third-order valence-corrected chi connectivity index (χ3v) is 3.53. The third kappa shape index (κ3) is 2.32. The monoisotopic (exact) mass is 265 g/mol. The molecule has 1 aromatic rings. The Morgan fingerprint density at radius 3 is 2.26 bits per heavy atom. The fourth-order valence-electron chi connectivity index (χ4n) is 2.59. The Labute approximate surface area is 112 Å². The Bertz CT molecular complexity index is 487. The van der Waals surface area contributed by atoms with E-state index < -0.39 is 0 Å². The molecule has 1 saturated heterocycles.